The zero-order valence-electron chi connectivity index (χ0n) is 12.7. The van der Waals surface area contributed by atoms with Gasteiger partial charge in [0.2, 0.25) is 0 Å². The molecule has 3 rings (SSSR count). The molecule has 2 aromatic rings. The van der Waals surface area contributed by atoms with Crippen molar-refractivity contribution in [3.8, 4) is 5.69 Å². The first-order valence-corrected chi connectivity index (χ1v) is 7.63. The van der Waals surface area contributed by atoms with Gasteiger partial charge < -0.3 is 15.3 Å². The van der Waals surface area contributed by atoms with Gasteiger partial charge in [0.15, 0.2) is 0 Å². The maximum Gasteiger partial charge on any atom is 0.321 e. The zero-order valence-corrected chi connectivity index (χ0v) is 12.7. The summed E-state index contributed by atoms with van der Waals surface area (Å²) in [6.07, 6.45) is 5.11. The Morgan fingerprint density at radius 3 is 3.09 bits per heavy atom. The summed E-state index contributed by atoms with van der Waals surface area (Å²) in [5, 5.41) is 16.1. The van der Waals surface area contributed by atoms with Crippen molar-refractivity contribution >= 4 is 11.7 Å². The fourth-order valence-electron chi connectivity index (χ4n) is 2.81. The second kappa shape index (κ2) is 6.78. The van der Waals surface area contributed by atoms with Crippen LogP contribution in [0, 0.1) is 11.7 Å². The number of piperidine rings is 1. The van der Waals surface area contributed by atoms with Crippen molar-refractivity contribution in [1.82, 2.24) is 14.7 Å². The van der Waals surface area contributed by atoms with E-state index in [0.29, 0.717) is 24.5 Å². The number of carbonyl (C=O) groups is 1. The minimum Gasteiger partial charge on any atom is -0.396 e. The molecule has 1 fully saturated rings. The number of aliphatic hydroxyl groups excluding tert-OH is 1. The van der Waals surface area contributed by atoms with Gasteiger partial charge >= 0.3 is 6.03 Å². The van der Waals surface area contributed by atoms with Gasteiger partial charge in [0.1, 0.15) is 5.82 Å². The molecular weight excluding hydrogens is 299 g/mol. The molecule has 7 heteroatoms. The van der Waals surface area contributed by atoms with Crippen LogP contribution >= 0.6 is 0 Å². The topological polar surface area (TPSA) is 70.4 Å². The number of amides is 2. The Labute approximate surface area is 133 Å². The van der Waals surface area contributed by atoms with E-state index < -0.39 is 5.82 Å². The summed E-state index contributed by atoms with van der Waals surface area (Å²) in [5.41, 5.74) is 0.963. The van der Waals surface area contributed by atoms with Crippen molar-refractivity contribution in [1.29, 1.82) is 0 Å². The van der Waals surface area contributed by atoms with E-state index >= 15 is 0 Å². The largest absolute Gasteiger partial charge is 0.396 e. The molecule has 2 amide bonds. The van der Waals surface area contributed by atoms with Crippen molar-refractivity contribution in [3.05, 3.63) is 42.5 Å². The number of halogens is 1. The van der Waals surface area contributed by atoms with Crippen LogP contribution in [0.25, 0.3) is 5.69 Å². The molecule has 1 aromatic carbocycles. The van der Waals surface area contributed by atoms with Gasteiger partial charge in [0.25, 0.3) is 0 Å². The van der Waals surface area contributed by atoms with E-state index in [0.717, 1.165) is 12.8 Å². The van der Waals surface area contributed by atoms with Crippen molar-refractivity contribution in [3.63, 3.8) is 0 Å². The lowest BCUT2D eigenvalue weighted by atomic mass is 9.99. The Bertz CT molecular complexity index is 675. The minimum atomic E-state index is -0.428. The Balaban J connectivity index is 1.79. The average Bonchev–Trinajstić information content (AvgIpc) is 3.09. The van der Waals surface area contributed by atoms with Gasteiger partial charge in [-0.05, 0) is 43.0 Å². The molecule has 1 unspecified atom stereocenters. The van der Waals surface area contributed by atoms with Crippen LogP contribution in [0.15, 0.2) is 36.7 Å². The summed E-state index contributed by atoms with van der Waals surface area (Å²) in [6.45, 7) is 1.21. The number of carbonyl (C=O) groups excluding carboxylic acids is 1. The van der Waals surface area contributed by atoms with Gasteiger partial charge in [0.05, 0.1) is 11.4 Å². The van der Waals surface area contributed by atoms with Gasteiger partial charge in [-0.15, -0.1) is 0 Å². The van der Waals surface area contributed by atoms with Gasteiger partial charge in [-0.3, -0.25) is 0 Å². The van der Waals surface area contributed by atoms with Crippen LogP contribution in [0.1, 0.15) is 12.8 Å². The number of rotatable bonds is 3. The third-order valence-corrected chi connectivity index (χ3v) is 4.02. The molecule has 0 spiro atoms. The molecule has 0 aliphatic carbocycles. The fraction of sp³-hybridized carbons (Fsp3) is 0.375. The summed E-state index contributed by atoms with van der Waals surface area (Å²) in [5.74, 6) is -0.323. The van der Waals surface area contributed by atoms with E-state index in [1.54, 1.807) is 34.1 Å². The molecule has 1 aliphatic heterocycles. The van der Waals surface area contributed by atoms with E-state index in [9.17, 15) is 14.3 Å². The summed E-state index contributed by atoms with van der Waals surface area (Å²) in [6, 6.07) is 5.65. The first kappa shape index (κ1) is 15.5. The van der Waals surface area contributed by atoms with Crippen LogP contribution in [-0.4, -0.2) is 45.5 Å². The molecule has 1 atom stereocenters. The predicted octanol–water partition coefficient (Wildman–Crippen LogP) is 2.25. The number of aliphatic hydroxyl groups is 1. The molecule has 2 heterocycles. The third-order valence-electron chi connectivity index (χ3n) is 4.02. The number of likely N-dealkylation sites (tertiary alicyclic amines) is 1. The number of hydrogen-bond donors (Lipinski definition) is 2. The number of nitrogens with zero attached hydrogens (tertiary/aromatic N) is 3. The van der Waals surface area contributed by atoms with E-state index in [2.05, 4.69) is 10.4 Å². The molecule has 1 aromatic heterocycles. The second-order valence-corrected chi connectivity index (χ2v) is 5.68. The normalized spacial score (nSPS) is 18.0. The molecule has 2 N–H and O–H groups in total. The standard InChI is InChI=1S/C16H19FN4O2/c17-13-4-5-15(21-8-2-6-18-21)14(9-13)19-16(23)20-7-1-3-12(10-20)11-22/h2,4-6,8-9,12,22H,1,3,7,10-11H2,(H,19,23). The van der Waals surface area contributed by atoms with E-state index in [1.807, 2.05) is 0 Å². The lowest BCUT2D eigenvalue weighted by Crippen LogP contribution is -2.43. The highest BCUT2D eigenvalue weighted by atomic mass is 19.1. The maximum absolute atomic E-state index is 13.6. The Morgan fingerprint density at radius 1 is 1.48 bits per heavy atom. The third kappa shape index (κ3) is 3.50. The number of benzene rings is 1. The van der Waals surface area contributed by atoms with Crippen LogP contribution in [0.4, 0.5) is 14.9 Å². The highest BCUT2D eigenvalue weighted by Crippen LogP contribution is 2.23. The Kier molecular flexibility index (Phi) is 4.57. The zero-order chi connectivity index (χ0) is 16.2. The summed E-state index contributed by atoms with van der Waals surface area (Å²) in [7, 11) is 0. The predicted molar refractivity (Wildman–Crippen MR) is 83.9 cm³/mol. The number of aromatic nitrogens is 2. The number of nitrogens with one attached hydrogen (secondary N) is 1. The highest BCUT2D eigenvalue weighted by molar-refractivity contribution is 5.91. The lowest BCUT2D eigenvalue weighted by molar-refractivity contribution is 0.136. The Morgan fingerprint density at radius 2 is 2.35 bits per heavy atom. The van der Waals surface area contributed by atoms with Crippen LogP contribution < -0.4 is 5.32 Å². The van der Waals surface area contributed by atoms with Crippen LogP contribution in [0.5, 0.6) is 0 Å². The minimum absolute atomic E-state index is 0.0717. The molecule has 1 aliphatic rings. The summed E-state index contributed by atoms with van der Waals surface area (Å²) < 4.78 is 15.1. The number of hydrogen-bond acceptors (Lipinski definition) is 3. The van der Waals surface area contributed by atoms with Gasteiger partial charge in [0, 0.05) is 32.1 Å². The van der Waals surface area contributed by atoms with Crippen molar-refractivity contribution in [2.24, 2.45) is 5.92 Å². The number of urea groups is 1. The molecule has 0 saturated carbocycles. The molecule has 0 radical (unpaired) electrons. The summed E-state index contributed by atoms with van der Waals surface area (Å²) in [4.78, 5) is 14.1. The fourth-order valence-corrected chi connectivity index (χ4v) is 2.81. The molecule has 23 heavy (non-hydrogen) atoms. The van der Waals surface area contributed by atoms with Crippen LogP contribution in [-0.2, 0) is 0 Å². The first-order chi connectivity index (χ1) is 11.2. The molecular formula is C16H19FN4O2. The Hall–Kier alpha value is -2.41. The molecule has 0 bridgehead atoms. The smallest absolute Gasteiger partial charge is 0.321 e. The average molecular weight is 318 g/mol. The van der Waals surface area contributed by atoms with Crippen molar-refractivity contribution < 1.29 is 14.3 Å². The molecule has 122 valence electrons. The second-order valence-electron chi connectivity index (χ2n) is 5.68. The van der Waals surface area contributed by atoms with Crippen LogP contribution in [0.2, 0.25) is 0 Å². The highest BCUT2D eigenvalue weighted by Gasteiger charge is 2.23. The lowest BCUT2D eigenvalue weighted by Gasteiger charge is -2.32. The molecule has 6 nitrogen and oxygen atoms in total. The quantitative estimate of drug-likeness (QED) is 0.912. The van der Waals surface area contributed by atoms with E-state index in [-0.39, 0.29) is 18.6 Å². The number of anilines is 1. The van der Waals surface area contributed by atoms with Gasteiger partial charge in [-0.2, -0.15) is 5.10 Å². The SMILES string of the molecule is O=C(Nc1cc(F)ccc1-n1cccn1)N1CCCC(CO)C1. The maximum atomic E-state index is 13.6. The van der Waals surface area contributed by atoms with Crippen LogP contribution in [0.3, 0.4) is 0 Å². The monoisotopic (exact) mass is 318 g/mol. The first-order valence-electron chi connectivity index (χ1n) is 7.63. The van der Waals surface area contributed by atoms with E-state index in [1.165, 1.54) is 12.1 Å². The van der Waals surface area contributed by atoms with Crippen molar-refractivity contribution in [2.75, 3.05) is 25.0 Å². The molecule has 1 saturated heterocycles. The van der Waals surface area contributed by atoms with Gasteiger partial charge in [-0.1, -0.05) is 0 Å². The van der Waals surface area contributed by atoms with E-state index in [4.69, 9.17) is 0 Å². The van der Waals surface area contributed by atoms with Crippen molar-refractivity contribution in [2.45, 2.75) is 12.8 Å². The summed E-state index contributed by atoms with van der Waals surface area (Å²) >= 11 is 0. The van der Waals surface area contributed by atoms with Gasteiger partial charge in [-0.25, -0.2) is 13.9 Å².